The monoisotopic (exact) mass is 869 g/mol. The Labute approximate surface area is 333 Å². The van der Waals surface area contributed by atoms with E-state index >= 15 is 0 Å². The van der Waals surface area contributed by atoms with Gasteiger partial charge in [0.05, 0.1) is 33.0 Å². The van der Waals surface area contributed by atoms with Gasteiger partial charge in [-0.25, -0.2) is 0 Å². The lowest BCUT2D eigenvalue weighted by Gasteiger charge is -2.49. The smallest absolute Gasteiger partial charge is 0.217 e. The first-order chi connectivity index (χ1) is 27.9. The molecule has 5 fully saturated rings. The van der Waals surface area contributed by atoms with Crippen molar-refractivity contribution in [1.82, 2.24) is 5.32 Å². The van der Waals surface area contributed by atoms with Gasteiger partial charge in [-0.1, -0.05) is 0 Å². The zero-order valence-electron chi connectivity index (χ0n) is 31.2. The first-order valence-electron chi connectivity index (χ1n) is 18.6. The molecule has 0 spiro atoms. The van der Waals surface area contributed by atoms with Crippen molar-refractivity contribution in [3.8, 4) is 0 Å². The van der Waals surface area contributed by atoms with Crippen molar-refractivity contribution in [3.05, 3.63) is 0 Å². The predicted octanol–water partition coefficient (Wildman–Crippen LogP) is -11.8. The van der Waals surface area contributed by atoms with E-state index in [1.54, 1.807) is 0 Å². The zero-order chi connectivity index (χ0) is 43.6. The average Bonchev–Trinajstić information content (AvgIpc) is 3.21. The van der Waals surface area contributed by atoms with Crippen molar-refractivity contribution in [3.63, 3.8) is 0 Å². The van der Waals surface area contributed by atoms with Crippen LogP contribution in [-0.4, -0.2) is 274 Å². The molecule has 1 amide bonds. The lowest BCUT2D eigenvalue weighted by atomic mass is 9.95. The minimum absolute atomic E-state index is 0.766. The molecule has 0 saturated carbocycles. The van der Waals surface area contributed by atoms with Crippen LogP contribution in [-0.2, 0) is 47.4 Å². The molecule has 5 aliphatic rings. The third kappa shape index (κ3) is 10.3. The van der Waals surface area contributed by atoms with Crippen LogP contribution < -0.4 is 5.32 Å². The fraction of sp³-hybridized carbons (Fsp3) is 0.969. The molecule has 5 rings (SSSR count). The fourth-order valence-electron chi connectivity index (χ4n) is 7.33. The van der Waals surface area contributed by atoms with Gasteiger partial charge in [0.1, 0.15) is 122 Å². The minimum Gasteiger partial charge on any atom is -0.394 e. The maximum Gasteiger partial charge on any atom is 0.217 e. The summed E-state index contributed by atoms with van der Waals surface area (Å²) in [7, 11) is 0. The molecular weight excluding hydrogens is 814 g/mol. The predicted molar refractivity (Wildman–Crippen MR) is 178 cm³/mol. The molecule has 5 saturated heterocycles. The highest BCUT2D eigenvalue weighted by Gasteiger charge is 2.55. The molecule has 27 heteroatoms. The lowest BCUT2D eigenvalue weighted by molar-refractivity contribution is -0.383. The van der Waals surface area contributed by atoms with E-state index < -0.39 is 192 Å². The van der Waals surface area contributed by atoms with E-state index in [0.717, 1.165) is 6.92 Å². The molecule has 5 heterocycles. The second kappa shape index (κ2) is 20.8. The summed E-state index contributed by atoms with van der Waals surface area (Å²) in [5.41, 5.74) is 0. The van der Waals surface area contributed by atoms with Crippen LogP contribution in [0.3, 0.4) is 0 Å². The van der Waals surface area contributed by atoms with Crippen molar-refractivity contribution in [2.24, 2.45) is 0 Å². The zero-order valence-corrected chi connectivity index (χ0v) is 31.2. The molecule has 27 nitrogen and oxygen atoms in total. The number of aliphatic hydroxyl groups excluding tert-OH is 16. The second-order valence-corrected chi connectivity index (χ2v) is 14.7. The number of ether oxygens (including phenoxy) is 9. The number of nitrogens with one attached hydrogen (secondary N) is 1. The Morgan fingerprint density at radius 1 is 0.441 bits per heavy atom. The van der Waals surface area contributed by atoms with Crippen LogP contribution in [0.2, 0.25) is 0 Å². The summed E-state index contributed by atoms with van der Waals surface area (Å²) in [6.07, 6.45) is -44.2. The van der Waals surface area contributed by atoms with Crippen LogP contribution in [0.15, 0.2) is 0 Å². The quantitative estimate of drug-likeness (QED) is 0.0770. The van der Waals surface area contributed by atoms with Crippen molar-refractivity contribution >= 4 is 5.91 Å². The number of carbonyl (C=O) groups is 1. The van der Waals surface area contributed by atoms with Gasteiger partial charge in [-0.15, -0.1) is 0 Å². The lowest BCUT2D eigenvalue weighted by Crippen LogP contribution is -2.68. The van der Waals surface area contributed by atoms with E-state index in [2.05, 4.69) is 5.32 Å². The Morgan fingerprint density at radius 2 is 0.864 bits per heavy atom. The SMILES string of the molecule is CC(=O)N[C@H]1[C@H](OC[C@H]2O[C@@H](O[C@H]3[C@H](O)[C@@H](O)C(O)O[C@@H]3CO)[C@H](O)[C@@H](O[C@@H]3O[C@H](CO)[C@H](O)[C@H](O)[C@H]3O)[C@H]2O)O[C@H](CO)[C@@H](O[C@@H]2O[C@H](CO)[C@H](O)[C@H](O)[C@H]2O)[C@@H]1O. The molecule has 0 aromatic rings. The molecule has 25 atom stereocenters. The van der Waals surface area contributed by atoms with Gasteiger partial charge in [0.25, 0.3) is 0 Å². The Hall–Kier alpha value is -1.53. The van der Waals surface area contributed by atoms with E-state index in [9.17, 15) is 86.5 Å². The summed E-state index contributed by atoms with van der Waals surface area (Å²) in [5.74, 6) is -0.766. The number of amides is 1. The number of hydrogen-bond donors (Lipinski definition) is 17. The maximum atomic E-state index is 12.3. The van der Waals surface area contributed by atoms with Crippen LogP contribution in [0.25, 0.3) is 0 Å². The molecule has 1 unspecified atom stereocenters. The molecule has 0 aromatic carbocycles. The number of aliphatic hydroxyl groups is 16. The van der Waals surface area contributed by atoms with E-state index in [1.807, 2.05) is 0 Å². The molecule has 0 aliphatic carbocycles. The van der Waals surface area contributed by atoms with Crippen molar-refractivity contribution < 1.29 is 129 Å². The van der Waals surface area contributed by atoms with E-state index in [0.29, 0.717) is 0 Å². The molecule has 344 valence electrons. The molecule has 0 radical (unpaired) electrons. The number of hydrogen-bond acceptors (Lipinski definition) is 26. The van der Waals surface area contributed by atoms with Gasteiger partial charge in [-0.3, -0.25) is 4.79 Å². The van der Waals surface area contributed by atoms with Crippen molar-refractivity contribution in [1.29, 1.82) is 0 Å². The Bertz CT molecular complexity index is 1320. The average molecular weight is 870 g/mol. The van der Waals surface area contributed by atoms with Gasteiger partial charge >= 0.3 is 0 Å². The van der Waals surface area contributed by atoms with Crippen LogP contribution in [0, 0.1) is 0 Å². The summed E-state index contributed by atoms with van der Waals surface area (Å²) in [6, 6.07) is -1.60. The first kappa shape index (κ1) is 48.5. The minimum atomic E-state index is -2.14. The number of carbonyl (C=O) groups excluding carboxylic acids is 1. The third-order valence-corrected chi connectivity index (χ3v) is 10.7. The topological polar surface area (TPSA) is 436 Å². The van der Waals surface area contributed by atoms with Crippen LogP contribution in [0.1, 0.15) is 6.92 Å². The summed E-state index contributed by atoms with van der Waals surface area (Å²) in [4.78, 5) is 12.3. The molecule has 5 aliphatic heterocycles. The maximum absolute atomic E-state index is 12.3. The molecule has 0 bridgehead atoms. The number of rotatable bonds is 14. The van der Waals surface area contributed by atoms with Crippen LogP contribution in [0.4, 0.5) is 0 Å². The van der Waals surface area contributed by atoms with Crippen LogP contribution in [0.5, 0.6) is 0 Å². The third-order valence-electron chi connectivity index (χ3n) is 10.7. The summed E-state index contributed by atoms with van der Waals surface area (Å²) < 4.78 is 50.2. The first-order valence-corrected chi connectivity index (χ1v) is 18.6. The Kier molecular flexibility index (Phi) is 17.1. The Balaban J connectivity index is 1.38. The standard InChI is InChI=1S/C32H55NO26/c1-7(38)33-13-17(42)25(57-30-22(47)18(43)14(39)8(2-34)53-30)11(5-37)55-29(13)51-6-12-16(41)27(59-31-23(48)19(44)15(40)9(3-35)54-31)24(49)32(56-12)58-26-10(4-36)52-28(50)21(46)20(26)45/h8-32,34-37,39-50H,2-6H2,1H3,(H,33,38)/t8-,9-,10-,11-,12-,13-,14+,15+,16+,17-,18+,19+,20-,21-,22-,23-,24-,25-,26-,27+,28?,29-,30+,31+,32+/m1/s1. The van der Waals surface area contributed by atoms with Gasteiger partial charge in [0.15, 0.2) is 31.5 Å². The van der Waals surface area contributed by atoms with Gasteiger partial charge < -0.3 is 130 Å². The largest absolute Gasteiger partial charge is 0.394 e. The highest BCUT2D eigenvalue weighted by molar-refractivity contribution is 5.73. The summed E-state index contributed by atoms with van der Waals surface area (Å²) in [6.45, 7) is -3.34. The van der Waals surface area contributed by atoms with Gasteiger partial charge in [-0.05, 0) is 0 Å². The van der Waals surface area contributed by atoms with Gasteiger partial charge in [-0.2, -0.15) is 0 Å². The van der Waals surface area contributed by atoms with E-state index in [-0.39, 0.29) is 0 Å². The normalized spacial score (nSPS) is 51.0. The van der Waals surface area contributed by atoms with Crippen molar-refractivity contribution in [2.45, 2.75) is 160 Å². The van der Waals surface area contributed by atoms with Crippen molar-refractivity contribution in [2.75, 3.05) is 33.0 Å². The molecule has 17 N–H and O–H groups in total. The highest BCUT2D eigenvalue weighted by Crippen LogP contribution is 2.34. The Morgan fingerprint density at radius 3 is 1.36 bits per heavy atom. The fourth-order valence-corrected chi connectivity index (χ4v) is 7.33. The molecular formula is C32H55NO26. The molecule has 0 aromatic heterocycles. The summed E-state index contributed by atoms with van der Waals surface area (Å²) >= 11 is 0. The molecule has 59 heavy (non-hydrogen) atoms. The van der Waals surface area contributed by atoms with E-state index in [1.165, 1.54) is 0 Å². The van der Waals surface area contributed by atoms with Crippen LogP contribution >= 0.6 is 0 Å². The van der Waals surface area contributed by atoms with Gasteiger partial charge in [0, 0.05) is 6.92 Å². The second-order valence-electron chi connectivity index (χ2n) is 14.7. The van der Waals surface area contributed by atoms with Gasteiger partial charge in [0.2, 0.25) is 5.91 Å². The summed E-state index contributed by atoms with van der Waals surface area (Å²) in [5, 5.41) is 169. The van der Waals surface area contributed by atoms with E-state index in [4.69, 9.17) is 42.6 Å². The highest BCUT2D eigenvalue weighted by atomic mass is 16.8.